The Hall–Kier alpha value is -2.28. The van der Waals surface area contributed by atoms with Crippen molar-refractivity contribution >= 4 is 17.7 Å². The molecule has 0 saturated carbocycles. The number of aliphatic hydroxyl groups is 1. The molecular weight excluding hydrogens is 274 g/mol. The predicted octanol–water partition coefficient (Wildman–Crippen LogP) is 0.258. The first-order valence-electron chi connectivity index (χ1n) is 6.69. The van der Waals surface area contributed by atoms with Crippen LogP contribution in [0.5, 0.6) is 0 Å². The summed E-state index contributed by atoms with van der Waals surface area (Å²) in [5, 5.41) is 22.3. The quantitative estimate of drug-likeness (QED) is 0.515. The molecule has 1 aromatic rings. The van der Waals surface area contributed by atoms with Crippen LogP contribution in [0, 0.1) is 0 Å². The fourth-order valence-electron chi connectivity index (χ4n) is 1.67. The fourth-order valence-corrected chi connectivity index (χ4v) is 1.67. The summed E-state index contributed by atoms with van der Waals surface area (Å²) in [6, 6.07) is 9.41. The van der Waals surface area contributed by atoms with Crippen LogP contribution in [-0.2, 0) is 4.79 Å². The Morgan fingerprint density at radius 2 is 1.90 bits per heavy atom. The number of benzene rings is 1. The molecule has 0 aliphatic heterocycles. The molecule has 0 fully saturated rings. The first-order chi connectivity index (χ1) is 10.0. The van der Waals surface area contributed by atoms with Gasteiger partial charge in [0, 0.05) is 25.8 Å². The summed E-state index contributed by atoms with van der Waals surface area (Å²) in [7, 11) is 1.97. The summed E-state index contributed by atoms with van der Waals surface area (Å²) in [5.41, 5.74) is 1.10. The molecule has 0 aliphatic carbocycles. The molecule has 7 heteroatoms. The third-order valence-corrected chi connectivity index (χ3v) is 2.89. The van der Waals surface area contributed by atoms with Crippen molar-refractivity contribution in [3.8, 4) is 0 Å². The van der Waals surface area contributed by atoms with Gasteiger partial charge in [-0.25, -0.2) is 9.59 Å². The molecular formula is C14H21N3O4. The lowest BCUT2D eigenvalue weighted by Gasteiger charge is -2.19. The van der Waals surface area contributed by atoms with Crippen LogP contribution in [0.1, 0.15) is 6.42 Å². The van der Waals surface area contributed by atoms with Crippen LogP contribution in [0.15, 0.2) is 30.3 Å². The lowest BCUT2D eigenvalue weighted by atomic mass is 10.3. The highest BCUT2D eigenvalue weighted by Gasteiger charge is 2.13. The van der Waals surface area contributed by atoms with Gasteiger partial charge in [-0.05, 0) is 18.6 Å². The summed E-state index contributed by atoms with van der Waals surface area (Å²) < 4.78 is 0. The maximum atomic E-state index is 11.3. The van der Waals surface area contributed by atoms with Gasteiger partial charge in [0.2, 0.25) is 0 Å². The Morgan fingerprint density at radius 1 is 1.24 bits per heavy atom. The number of carboxylic acids is 1. The summed E-state index contributed by atoms with van der Waals surface area (Å²) in [5.74, 6) is -1.36. The molecule has 4 N–H and O–H groups in total. The summed E-state index contributed by atoms with van der Waals surface area (Å²) in [6.07, 6.45) is -0.833. The number of nitrogens with zero attached hydrogens (tertiary/aromatic N) is 1. The Bertz CT molecular complexity index is 453. The second kappa shape index (κ2) is 8.80. The zero-order chi connectivity index (χ0) is 15.7. The Balaban J connectivity index is 2.13. The number of carbonyl (C=O) groups excluding carboxylic acids is 1. The number of aliphatic carboxylic acids is 1. The van der Waals surface area contributed by atoms with Gasteiger partial charge < -0.3 is 25.7 Å². The molecule has 0 unspecified atom stereocenters. The monoisotopic (exact) mass is 295 g/mol. The van der Waals surface area contributed by atoms with E-state index in [1.54, 1.807) is 0 Å². The third kappa shape index (κ3) is 6.62. The van der Waals surface area contributed by atoms with Crippen molar-refractivity contribution in [1.29, 1.82) is 0 Å². The van der Waals surface area contributed by atoms with Gasteiger partial charge in [-0.15, -0.1) is 0 Å². The normalized spacial score (nSPS) is 11.5. The van der Waals surface area contributed by atoms with Gasteiger partial charge >= 0.3 is 12.0 Å². The van der Waals surface area contributed by atoms with Crippen molar-refractivity contribution < 1.29 is 19.8 Å². The zero-order valence-corrected chi connectivity index (χ0v) is 12.0. The van der Waals surface area contributed by atoms with Crippen LogP contribution in [0.2, 0.25) is 0 Å². The van der Waals surface area contributed by atoms with E-state index in [2.05, 4.69) is 15.5 Å². The van der Waals surface area contributed by atoms with Gasteiger partial charge in [0.15, 0.2) is 6.10 Å². The van der Waals surface area contributed by atoms with E-state index in [1.165, 1.54) is 0 Å². The van der Waals surface area contributed by atoms with E-state index in [-0.39, 0.29) is 6.54 Å². The van der Waals surface area contributed by atoms with Gasteiger partial charge in [0.25, 0.3) is 0 Å². The zero-order valence-electron chi connectivity index (χ0n) is 12.0. The summed E-state index contributed by atoms with van der Waals surface area (Å²) >= 11 is 0. The second-order valence-electron chi connectivity index (χ2n) is 4.60. The molecule has 21 heavy (non-hydrogen) atoms. The van der Waals surface area contributed by atoms with Gasteiger partial charge in [0.1, 0.15) is 0 Å². The minimum atomic E-state index is -1.58. The van der Waals surface area contributed by atoms with Crippen LogP contribution in [0.4, 0.5) is 10.5 Å². The molecule has 0 aromatic heterocycles. The molecule has 7 nitrogen and oxygen atoms in total. The van der Waals surface area contributed by atoms with Crippen molar-refractivity contribution in [1.82, 2.24) is 10.6 Å². The van der Waals surface area contributed by atoms with Crippen LogP contribution in [0.3, 0.4) is 0 Å². The van der Waals surface area contributed by atoms with Crippen molar-refractivity contribution in [3.63, 3.8) is 0 Å². The molecule has 0 heterocycles. The van der Waals surface area contributed by atoms with Gasteiger partial charge in [-0.2, -0.15) is 0 Å². The summed E-state index contributed by atoms with van der Waals surface area (Å²) in [4.78, 5) is 23.8. The Labute approximate surface area is 123 Å². The van der Waals surface area contributed by atoms with E-state index in [1.807, 2.05) is 37.4 Å². The van der Waals surface area contributed by atoms with E-state index >= 15 is 0 Å². The molecule has 0 aliphatic rings. The number of anilines is 1. The van der Waals surface area contributed by atoms with Crippen LogP contribution in [-0.4, -0.2) is 55.0 Å². The van der Waals surface area contributed by atoms with Crippen molar-refractivity contribution in [2.45, 2.75) is 12.5 Å². The lowest BCUT2D eigenvalue weighted by Crippen LogP contribution is -2.42. The van der Waals surface area contributed by atoms with Gasteiger partial charge in [0.05, 0.1) is 6.54 Å². The Morgan fingerprint density at radius 3 is 2.52 bits per heavy atom. The average molecular weight is 295 g/mol. The van der Waals surface area contributed by atoms with Crippen LogP contribution in [0.25, 0.3) is 0 Å². The standard InChI is InChI=1S/C14H21N3O4/c1-17(11-6-3-2-4-7-11)9-5-8-15-14(21)16-10-12(18)13(19)20/h2-4,6-7,12,18H,5,8-10H2,1H3,(H,19,20)(H2,15,16,21)/t12-/m0/s1. The SMILES string of the molecule is CN(CCCNC(=O)NC[C@H](O)C(=O)O)c1ccccc1. The van der Waals surface area contributed by atoms with Crippen LogP contribution >= 0.6 is 0 Å². The highest BCUT2D eigenvalue weighted by molar-refractivity contribution is 5.76. The number of rotatable bonds is 8. The number of hydrogen-bond donors (Lipinski definition) is 4. The van der Waals surface area contributed by atoms with E-state index < -0.39 is 18.1 Å². The molecule has 2 amide bonds. The number of nitrogens with one attached hydrogen (secondary N) is 2. The number of aliphatic hydroxyl groups excluding tert-OH is 1. The largest absolute Gasteiger partial charge is 0.479 e. The number of urea groups is 1. The topological polar surface area (TPSA) is 102 Å². The number of hydrogen-bond acceptors (Lipinski definition) is 4. The minimum Gasteiger partial charge on any atom is -0.479 e. The molecule has 0 bridgehead atoms. The van der Waals surface area contributed by atoms with E-state index in [9.17, 15) is 9.59 Å². The van der Waals surface area contributed by atoms with Crippen LogP contribution < -0.4 is 15.5 Å². The molecule has 1 rings (SSSR count). The van der Waals surface area contributed by atoms with E-state index in [0.717, 1.165) is 18.7 Å². The number of carbonyl (C=O) groups is 2. The first kappa shape index (κ1) is 16.8. The van der Waals surface area contributed by atoms with Crippen molar-refractivity contribution in [2.75, 3.05) is 31.6 Å². The van der Waals surface area contributed by atoms with Gasteiger partial charge in [-0.3, -0.25) is 0 Å². The molecule has 1 atom stereocenters. The highest BCUT2D eigenvalue weighted by Crippen LogP contribution is 2.10. The lowest BCUT2D eigenvalue weighted by molar-refractivity contribution is -0.146. The predicted molar refractivity (Wildman–Crippen MR) is 79.4 cm³/mol. The summed E-state index contributed by atoms with van der Waals surface area (Å²) in [6.45, 7) is 0.930. The fraction of sp³-hybridized carbons (Fsp3) is 0.429. The molecule has 116 valence electrons. The Kier molecular flexibility index (Phi) is 7.03. The van der Waals surface area contributed by atoms with E-state index in [0.29, 0.717) is 6.54 Å². The number of amides is 2. The second-order valence-corrected chi connectivity index (χ2v) is 4.60. The molecule has 0 spiro atoms. The maximum absolute atomic E-state index is 11.3. The third-order valence-electron chi connectivity index (χ3n) is 2.89. The first-order valence-corrected chi connectivity index (χ1v) is 6.69. The highest BCUT2D eigenvalue weighted by atomic mass is 16.4. The number of carboxylic acid groups (broad SMARTS) is 1. The van der Waals surface area contributed by atoms with Crippen molar-refractivity contribution in [3.05, 3.63) is 30.3 Å². The molecule has 0 radical (unpaired) electrons. The number of para-hydroxylation sites is 1. The minimum absolute atomic E-state index is 0.314. The maximum Gasteiger partial charge on any atom is 0.334 e. The average Bonchev–Trinajstić information content (AvgIpc) is 2.49. The molecule has 1 aromatic carbocycles. The van der Waals surface area contributed by atoms with Gasteiger partial charge in [-0.1, -0.05) is 18.2 Å². The smallest absolute Gasteiger partial charge is 0.334 e. The van der Waals surface area contributed by atoms with Crippen molar-refractivity contribution in [2.24, 2.45) is 0 Å². The molecule has 0 saturated heterocycles. The van der Waals surface area contributed by atoms with E-state index in [4.69, 9.17) is 10.2 Å².